The lowest BCUT2D eigenvalue weighted by Crippen LogP contribution is -2.11. The number of tetrazole rings is 2. The van der Waals surface area contributed by atoms with Crippen molar-refractivity contribution in [3.63, 3.8) is 0 Å². The molecule has 0 amide bonds. The van der Waals surface area contributed by atoms with E-state index in [1.165, 1.54) is 5.56 Å². The number of nitrogens with zero attached hydrogens (tertiary/aromatic N) is 8. The number of hydrogen-bond acceptors (Lipinski definition) is 8. The highest BCUT2D eigenvalue weighted by molar-refractivity contribution is 6.31. The van der Waals surface area contributed by atoms with Gasteiger partial charge in [0.05, 0.1) is 22.8 Å². The minimum Gasteiger partial charge on any atom is -0.483 e. The summed E-state index contributed by atoms with van der Waals surface area (Å²) in [7, 11) is 0. The summed E-state index contributed by atoms with van der Waals surface area (Å²) >= 11 is 6.20. The van der Waals surface area contributed by atoms with Crippen LogP contribution in [0.1, 0.15) is 47.4 Å². The molecule has 0 spiro atoms. The SMILES string of the molecule is Clc1ccc2ccc(/C=C/c3cccc([C@H](CCCc4nn[nH]n4)n4ccc5cccc(OCc6nn[nH]n6)c54)c3)nc2c1. The molecule has 7 rings (SSSR count). The van der Waals surface area contributed by atoms with Crippen molar-refractivity contribution in [1.82, 2.24) is 50.8 Å². The highest BCUT2D eigenvalue weighted by Gasteiger charge is 2.19. The summed E-state index contributed by atoms with van der Waals surface area (Å²) in [6, 6.07) is 26.6. The Hall–Kier alpha value is -5.42. The molecule has 4 heterocycles. The van der Waals surface area contributed by atoms with E-state index >= 15 is 0 Å². The normalized spacial score (nSPS) is 12.4. The number of rotatable bonds is 11. The van der Waals surface area contributed by atoms with Crippen molar-refractivity contribution >= 4 is 45.6 Å². The topological polar surface area (TPSA) is 136 Å². The van der Waals surface area contributed by atoms with E-state index in [0.29, 0.717) is 23.1 Å². The summed E-state index contributed by atoms with van der Waals surface area (Å²) in [6.45, 7) is 0.207. The fourth-order valence-electron chi connectivity index (χ4n) is 5.41. The van der Waals surface area contributed by atoms with Gasteiger partial charge in [0, 0.05) is 28.4 Å². The fourth-order valence-corrected chi connectivity index (χ4v) is 5.57. The molecular formula is C32H27ClN10O. The van der Waals surface area contributed by atoms with Gasteiger partial charge < -0.3 is 9.30 Å². The van der Waals surface area contributed by atoms with E-state index in [9.17, 15) is 0 Å². The standard InChI is InChI=1S/C32H27ClN10O/c33-25-13-11-22-12-15-26(34-27(22)19-25)14-10-21-4-1-6-24(18-21)28(7-3-9-30-35-39-40-36-30)43-17-16-23-5-2-8-29(32(23)43)44-20-31-37-41-42-38-31/h1-2,4-6,8,10-19,28H,3,7,9,20H2,(H,35,36,39,40)(H,37,38,41,42)/b14-10+/t28-/m0/s1. The second-order valence-corrected chi connectivity index (χ2v) is 10.8. The number of para-hydroxylation sites is 1. The molecule has 11 nitrogen and oxygen atoms in total. The van der Waals surface area contributed by atoms with E-state index in [0.717, 1.165) is 51.7 Å². The molecule has 0 aliphatic heterocycles. The number of pyridine rings is 1. The van der Waals surface area contributed by atoms with Crippen LogP contribution in [-0.2, 0) is 13.0 Å². The Kier molecular flexibility index (Phi) is 7.75. The van der Waals surface area contributed by atoms with Gasteiger partial charge in [-0.2, -0.15) is 10.4 Å². The molecule has 2 N–H and O–H groups in total. The number of nitrogens with one attached hydrogen (secondary N) is 2. The Labute approximate surface area is 256 Å². The van der Waals surface area contributed by atoms with Gasteiger partial charge in [-0.15, -0.1) is 20.4 Å². The lowest BCUT2D eigenvalue weighted by atomic mass is 9.98. The maximum atomic E-state index is 6.20. The van der Waals surface area contributed by atoms with Crippen LogP contribution < -0.4 is 4.74 Å². The minimum atomic E-state index is 0.0172. The second-order valence-electron chi connectivity index (χ2n) is 10.3. The van der Waals surface area contributed by atoms with Gasteiger partial charge in [-0.25, -0.2) is 4.98 Å². The Morgan fingerprint density at radius 1 is 0.841 bits per heavy atom. The predicted molar refractivity (Wildman–Crippen MR) is 168 cm³/mol. The van der Waals surface area contributed by atoms with Crippen molar-refractivity contribution in [3.05, 3.63) is 119 Å². The number of aromatic amines is 2. The summed E-state index contributed by atoms with van der Waals surface area (Å²) in [5, 5.41) is 31.5. The van der Waals surface area contributed by atoms with Gasteiger partial charge in [-0.05, 0) is 66.4 Å². The summed E-state index contributed by atoms with van der Waals surface area (Å²) < 4.78 is 8.48. The molecular weight excluding hydrogens is 576 g/mol. The van der Waals surface area contributed by atoms with Crippen molar-refractivity contribution in [1.29, 1.82) is 0 Å². The first-order valence-electron chi connectivity index (χ1n) is 14.2. The first-order valence-corrected chi connectivity index (χ1v) is 14.6. The average molecular weight is 603 g/mol. The highest BCUT2D eigenvalue weighted by Crippen LogP contribution is 2.35. The quantitative estimate of drug-likeness (QED) is 0.178. The van der Waals surface area contributed by atoms with Gasteiger partial charge in [0.15, 0.2) is 12.4 Å². The number of benzene rings is 3. The summed E-state index contributed by atoms with van der Waals surface area (Å²) in [5.41, 5.74) is 4.97. The van der Waals surface area contributed by atoms with Crippen LogP contribution in [0.15, 0.2) is 85.1 Å². The van der Waals surface area contributed by atoms with E-state index < -0.39 is 0 Å². The van der Waals surface area contributed by atoms with E-state index in [1.54, 1.807) is 0 Å². The van der Waals surface area contributed by atoms with Crippen LogP contribution in [0, 0.1) is 0 Å². The number of aryl methyl sites for hydroxylation is 1. The molecule has 0 unspecified atom stereocenters. The molecule has 7 aromatic rings. The first-order chi connectivity index (χ1) is 21.7. The molecule has 0 aliphatic carbocycles. The van der Waals surface area contributed by atoms with Crippen LogP contribution in [0.3, 0.4) is 0 Å². The monoisotopic (exact) mass is 602 g/mol. The lowest BCUT2D eigenvalue weighted by molar-refractivity contribution is 0.297. The van der Waals surface area contributed by atoms with Crippen molar-refractivity contribution in [3.8, 4) is 5.75 Å². The summed E-state index contributed by atoms with van der Waals surface area (Å²) in [4.78, 5) is 4.77. The van der Waals surface area contributed by atoms with Crippen molar-refractivity contribution in [2.24, 2.45) is 0 Å². The molecule has 4 aromatic heterocycles. The third-order valence-electron chi connectivity index (χ3n) is 7.47. The van der Waals surface area contributed by atoms with Gasteiger partial charge >= 0.3 is 0 Å². The molecule has 0 radical (unpaired) electrons. The van der Waals surface area contributed by atoms with E-state index in [2.05, 4.69) is 101 Å². The Balaban J connectivity index is 1.21. The van der Waals surface area contributed by atoms with E-state index in [1.807, 2.05) is 42.5 Å². The second kappa shape index (κ2) is 12.4. The van der Waals surface area contributed by atoms with Gasteiger partial charge in [0.2, 0.25) is 5.82 Å². The van der Waals surface area contributed by atoms with Crippen molar-refractivity contribution < 1.29 is 4.74 Å². The van der Waals surface area contributed by atoms with Gasteiger partial charge in [0.1, 0.15) is 5.75 Å². The molecule has 12 heteroatoms. The smallest absolute Gasteiger partial charge is 0.211 e. The van der Waals surface area contributed by atoms with Crippen molar-refractivity contribution in [2.75, 3.05) is 0 Å². The number of halogens is 1. The van der Waals surface area contributed by atoms with Crippen LogP contribution in [0.2, 0.25) is 5.02 Å². The summed E-state index contributed by atoms with van der Waals surface area (Å²) in [5.74, 6) is 1.94. The zero-order valence-electron chi connectivity index (χ0n) is 23.5. The minimum absolute atomic E-state index is 0.0172. The molecule has 0 aliphatic rings. The molecule has 0 saturated carbocycles. The third kappa shape index (κ3) is 6.04. The highest BCUT2D eigenvalue weighted by atomic mass is 35.5. The fraction of sp³-hybridized carbons (Fsp3) is 0.156. The largest absolute Gasteiger partial charge is 0.483 e. The Morgan fingerprint density at radius 3 is 2.55 bits per heavy atom. The number of ether oxygens (including phenoxy) is 1. The maximum absolute atomic E-state index is 6.20. The molecule has 44 heavy (non-hydrogen) atoms. The van der Waals surface area contributed by atoms with Gasteiger partial charge in [0.25, 0.3) is 0 Å². The van der Waals surface area contributed by atoms with E-state index in [4.69, 9.17) is 21.3 Å². The van der Waals surface area contributed by atoms with E-state index in [-0.39, 0.29) is 12.6 Å². The summed E-state index contributed by atoms with van der Waals surface area (Å²) in [6.07, 6.45) is 8.66. The molecule has 0 fully saturated rings. The van der Waals surface area contributed by atoms with Crippen LogP contribution in [0.4, 0.5) is 0 Å². The average Bonchev–Trinajstić information content (AvgIpc) is 3.84. The zero-order chi connectivity index (χ0) is 29.7. The molecule has 218 valence electrons. The Bertz CT molecular complexity index is 2040. The van der Waals surface area contributed by atoms with Gasteiger partial charge in [-0.3, -0.25) is 0 Å². The van der Waals surface area contributed by atoms with Gasteiger partial charge in [-0.1, -0.05) is 70.6 Å². The Morgan fingerprint density at radius 2 is 1.68 bits per heavy atom. The number of hydrogen-bond donors (Lipinski definition) is 2. The third-order valence-corrected chi connectivity index (χ3v) is 7.70. The van der Waals surface area contributed by atoms with Crippen molar-refractivity contribution in [2.45, 2.75) is 31.9 Å². The number of aromatic nitrogens is 10. The molecule has 0 saturated heterocycles. The molecule has 1 atom stereocenters. The number of fused-ring (bicyclic) bond motifs is 2. The zero-order valence-corrected chi connectivity index (χ0v) is 24.3. The number of H-pyrrole nitrogens is 2. The maximum Gasteiger partial charge on any atom is 0.211 e. The lowest BCUT2D eigenvalue weighted by Gasteiger charge is -2.22. The molecule has 0 bridgehead atoms. The van der Waals surface area contributed by atoms with Crippen LogP contribution in [-0.4, -0.2) is 50.8 Å². The van der Waals surface area contributed by atoms with Crippen LogP contribution in [0.25, 0.3) is 34.0 Å². The van der Waals surface area contributed by atoms with Crippen LogP contribution in [0.5, 0.6) is 5.75 Å². The molecule has 3 aromatic carbocycles. The first kappa shape index (κ1) is 27.4. The van der Waals surface area contributed by atoms with Crippen LogP contribution >= 0.6 is 11.6 Å². The predicted octanol–water partition coefficient (Wildman–Crippen LogP) is 6.23.